The Morgan fingerprint density at radius 3 is 1.57 bits per heavy atom. The van der Waals surface area contributed by atoms with Crippen molar-refractivity contribution in [1.29, 1.82) is 0 Å². The monoisotopic (exact) mass is 877 g/mol. The summed E-state index contributed by atoms with van der Waals surface area (Å²) in [7, 11) is 0. The van der Waals surface area contributed by atoms with Gasteiger partial charge in [-0.15, -0.1) is 0 Å². The standard InChI is InChI=1S/C68H47N/c1-68(52-26-9-4-10-27-52)64-34-16-15-31-60(64)62-45-55(40-42-65(62)68)69(54-28-17-25-51(43-54)57-33-18-24-47-19-11-12-29-56(47)57)53-38-35-46(36-39-53)50-37-41-59-58-30-13-14-32-61(58)66(48-20-5-2-6-21-48)67(63(59)44-50)49-22-7-3-8-23-49/h2-45H,1H3. The molecule has 0 saturated carbocycles. The number of fused-ring (bicyclic) bond motifs is 7. The van der Waals surface area contributed by atoms with Gasteiger partial charge >= 0.3 is 0 Å². The Labute approximate surface area is 403 Å². The van der Waals surface area contributed by atoms with Gasteiger partial charge < -0.3 is 4.90 Å². The number of anilines is 3. The quantitative estimate of drug-likeness (QED) is 0.138. The minimum atomic E-state index is -0.277. The molecular weight excluding hydrogens is 831 g/mol. The van der Waals surface area contributed by atoms with E-state index in [1.807, 2.05) is 0 Å². The molecule has 0 spiro atoms. The largest absolute Gasteiger partial charge is 0.310 e. The van der Waals surface area contributed by atoms with Crippen LogP contribution < -0.4 is 4.90 Å². The van der Waals surface area contributed by atoms with Gasteiger partial charge in [0.25, 0.3) is 0 Å². The zero-order chi connectivity index (χ0) is 45.9. The van der Waals surface area contributed by atoms with Crippen LogP contribution in [0.25, 0.3) is 88.0 Å². The van der Waals surface area contributed by atoms with Crippen molar-refractivity contribution < 1.29 is 0 Å². The number of benzene rings is 12. The molecule has 1 aliphatic rings. The zero-order valence-corrected chi connectivity index (χ0v) is 38.4. The van der Waals surface area contributed by atoms with Crippen molar-refractivity contribution in [1.82, 2.24) is 0 Å². The van der Waals surface area contributed by atoms with E-state index in [0.29, 0.717) is 0 Å². The molecule has 1 nitrogen and oxygen atoms in total. The Balaban J connectivity index is 0.979. The second kappa shape index (κ2) is 16.5. The van der Waals surface area contributed by atoms with Crippen LogP contribution in [0, 0.1) is 0 Å². The summed E-state index contributed by atoms with van der Waals surface area (Å²) in [6.45, 7) is 2.39. The Bertz CT molecular complexity index is 3890. The highest BCUT2D eigenvalue weighted by molar-refractivity contribution is 6.22. The molecular formula is C68H47N. The van der Waals surface area contributed by atoms with Crippen molar-refractivity contribution in [3.8, 4) is 55.6 Å². The fourth-order valence-electron chi connectivity index (χ4n) is 11.4. The number of rotatable bonds is 8. The Morgan fingerprint density at radius 1 is 0.275 bits per heavy atom. The van der Waals surface area contributed by atoms with E-state index in [1.165, 1.54) is 105 Å². The zero-order valence-electron chi connectivity index (χ0n) is 38.4. The Kier molecular flexibility index (Phi) is 9.70. The van der Waals surface area contributed by atoms with Crippen LogP contribution in [0.5, 0.6) is 0 Å². The maximum absolute atomic E-state index is 2.44. The van der Waals surface area contributed by atoms with Crippen molar-refractivity contribution in [2.75, 3.05) is 4.90 Å². The van der Waals surface area contributed by atoms with Crippen LogP contribution in [-0.4, -0.2) is 0 Å². The summed E-state index contributed by atoms with van der Waals surface area (Å²) in [5.74, 6) is 0. The van der Waals surface area contributed by atoms with Crippen LogP contribution in [0.1, 0.15) is 23.6 Å². The minimum absolute atomic E-state index is 0.277. The summed E-state index contributed by atoms with van der Waals surface area (Å²) in [5, 5.41) is 7.50. The second-order valence-corrected chi connectivity index (χ2v) is 18.5. The molecule has 324 valence electrons. The van der Waals surface area contributed by atoms with Gasteiger partial charge in [-0.2, -0.15) is 0 Å². The highest BCUT2D eigenvalue weighted by Gasteiger charge is 2.41. The van der Waals surface area contributed by atoms with E-state index in [-0.39, 0.29) is 5.41 Å². The van der Waals surface area contributed by atoms with Crippen molar-refractivity contribution in [3.63, 3.8) is 0 Å². The van der Waals surface area contributed by atoms with Crippen LogP contribution in [0.3, 0.4) is 0 Å². The van der Waals surface area contributed by atoms with E-state index in [1.54, 1.807) is 0 Å². The highest BCUT2D eigenvalue weighted by atomic mass is 15.1. The molecule has 0 N–H and O–H groups in total. The van der Waals surface area contributed by atoms with Gasteiger partial charge in [-0.05, 0) is 154 Å². The van der Waals surface area contributed by atoms with E-state index in [4.69, 9.17) is 0 Å². The van der Waals surface area contributed by atoms with Gasteiger partial charge in [0.05, 0.1) is 0 Å². The van der Waals surface area contributed by atoms with Crippen LogP contribution in [0.15, 0.2) is 267 Å². The fraction of sp³-hybridized carbons (Fsp3) is 0.0294. The first-order valence-corrected chi connectivity index (χ1v) is 24.0. The first-order chi connectivity index (χ1) is 34.1. The van der Waals surface area contributed by atoms with Gasteiger partial charge in [-0.25, -0.2) is 0 Å². The van der Waals surface area contributed by atoms with Gasteiger partial charge in [0.15, 0.2) is 0 Å². The minimum Gasteiger partial charge on any atom is -0.310 e. The summed E-state index contributed by atoms with van der Waals surface area (Å²) >= 11 is 0. The van der Waals surface area contributed by atoms with Gasteiger partial charge in [0, 0.05) is 22.5 Å². The Hall–Kier alpha value is -8.78. The Morgan fingerprint density at radius 2 is 0.797 bits per heavy atom. The summed E-state index contributed by atoms with van der Waals surface area (Å²) in [6, 6.07) is 98.3. The topological polar surface area (TPSA) is 3.24 Å². The average Bonchev–Trinajstić information content (AvgIpc) is 3.69. The molecule has 0 amide bonds. The lowest BCUT2D eigenvalue weighted by atomic mass is 9.74. The van der Waals surface area contributed by atoms with Crippen LogP contribution in [-0.2, 0) is 5.41 Å². The summed E-state index contributed by atoms with van der Waals surface area (Å²) in [5.41, 5.74) is 19.3. The average molecular weight is 878 g/mol. The van der Waals surface area contributed by atoms with E-state index in [9.17, 15) is 0 Å². The van der Waals surface area contributed by atoms with Crippen LogP contribution in [0.2, 0.25) is 0 Å². The van der Waals surface area contributed by atoms with E-state index >= 15 is 0 Å². The van der Waals surface area contributed by atoms with E-state index in [2.05, 4.69) is 279 Å². The second-order valence-electron chi connectivity index (χ2n) is 18.5. The molecule has 0 fully saturated rings. The van der Waals surface area contributed by atoms with E-state index in [0.717, 1.165) is 17.1 Å². The maximum Gasteiger partial charge on any atom is 0.0468 e. The molecule has 1 atom stereocenters. The molecule has 13 rings (SSSR count). The predicted molar refractivity (Wildman–Crippen MR) is 293 cm³/mol. The first kappa shape index (κ1) is 40.5. The van der Waals surface area contributed by atoms with Gasteiger partial charge in [0.1, 0.15) is 0 Å². The summed E-state index contributed by atoms with van der Waals surface area (Å²) in [6.07, 6.45) is 0. The normalized spacial score (nSPS) is 13.9. The molecule has 0 bridgehead atoms. The lowest BCUT2D eigenvalue weighted by molar-refractivity contribution is 0.714. The molecule has 0 saturated heterocycles. The molecule has 12 aromatic rings. The van der Waals surface area contributed by atoms with Gasteiger partial charge in [-0.3, -0.25) is 0 Å². The molecule has 0 aromatic heterocycles. The maximum atomic E-state index is 2.44. The number of nitrogens with zero attached hydrogens (tertiary/aromatic N) is 1. The molecule has 1 heteroatoms. The fourth-order valence-corrected chi connectivity index (χ4v) is 11.4. The first-order valence-electron chi connectivity index (χ1n) is 24.0. The molecule has 0 radical (unpaired) electrons. The van der Waals surface area contributed by atoms with Crippen molar-refractivity contribution in [3.05, 3.63) is 284 Å². The SMILES string of the molecule is CC1(c2ccccc2)c2ccccc2-c2cc(N(c3ccc(-c4ccc5c(c4)c(-c4ccccc4)c(-c4ccccc4)c4ccccc45)cc3)c3cccc(-c4cccc5ccccc45)c3)ccc21. The molecule has 1 unspecified atom stereocenters. The highest BCUT2D eigenvalue weighted by Crippen LogP contribution is 2.54. The molecule has 69 heavy (non-hydrogen) atoms. The summed E-state index contributed by atoms with van der Waals surface area (Å²) in [4.78, 5) is 2.44. The van der Waals surface area contributed by atoms with Crippen LogP contribution in [0.4, 0.5) is 17.1 Å². The molecule has 12 aromatic carbocycles. The number of hydrogen-bond acceptors (Lipinski definition) is 1. The molecule has 1 aliphatic carbocycles. The molecule has 0 heterocycles. The van der Waals surface area contributed by atoms with Crippen molar-refractivity contribution >= 4 is 49.4 Å². The smallest absolute Gasteiger partial charge is 0.0468 e. The van der Waals surface area contributed by atoms with Gasteiger partial charge in [0.2, 0.25) is 0 Å². The van der Waals surface area contributed by atoms with Crippen molar-refractivity contribution in [2.24, 2.45) is 0 Å². The van der Waals surface area contributed by atoms with Gasteiger partial charge in [-0.1, -0.05) is 224 Å². The third-order valence-electron chi connectivity index (χ3n) is 14.7. The summed E-state index contributed by atoms with van der Waals surface area (Å²) < 4.78 is 0. The van der Waals surface area contributed by atoms with E-state index < -0.39 is 0 Å². The predicted octanol–water partition coefficient (Wildman–Crippen LogP) is 18.6. The van der Waals surface area contributed by atoms with Crippen LogP contribution >= 0.6 is 0 Å². The third-order valence-corrected chi connectivity index (χ3v) is 14.7. The third kappa shape index (κ3) is 6.69. The lowest BCUT2D eigenvalue weighted by Crippen LogP contribution is -2.22. The molecule has 0 aliphatic heterocycles. The lowest BCUT2D eigenvalue weighted by Gasteiger charge is -2.30. The van der Waals surface area contributed by atoms with Crippen molar-refractivity contribution in [2.45, 2.75) is 12.3 Å². The number of hydrogen-bond donors (Lipinski definition) is 0.